The quantitative estimate of drug-likeness (QED) is 0.481. The van der Waals surface area contributed by atoms with Crippen LogP contribution < -0.4 is 0 Å². The summed E-state index contributed by atoms with van der Waals surface area (Å²) in [4.78, 5) is 12.2. The topological polar surface area (TPSA) is 70.2 Å². The Morgan fingerprint density at radius 3 is 2.76 bits per heavy atom. The van der Waals surface area contributed by atoms with Crippen LogP contribution in [0.25, 0.3) is 44.6 Å². The van der Waals surface area contributed by atoms with Crippen LogP contribution in [0.15, 0.2) is 60.9 Å². The smallest absolute Gasteiger partial charge is 0.159 e. The van der Waals surface area contributed by atoms with Gasteiger partial charge in [0.05, 0.1) is 21.6 Å². The van der Waals surface area contributed by atoms with E-state index in [0.29, 0.717) is 5.02 Å². The Labute approximate surface area is 147 Å². The van der Waals surface area contributed by atoms with Gasteiger partial charge < -0.3 is 4.98 Å². The second-order valence-electron chi connectivity index (χ2n) is 5.79. The summed E-state index contributed by atoms with van der Waals surface area (Å²) >= 11 is 6.31. The number of imidazole rings is 1. The lowest BCUT2D eigenvalue weighted by Crippen LogP contribution is -1.84. The molecule has 0 atom stereocenters. The summed E-state index contributed by atoms with van der Waals surface area (Å²) in [6.45, 7) is 0. The summed E-state index contributed by atoms with van der Waals surface area (Å²) in [6, 6.07) is 15.8. The monoisotopic (exact) mass is 345 g/mol. The van der Waals surface area contributed by atoms with Crippen molar-refractivity contribution in [3.05, 3.63) is 65.9 Å². The summed E-state index contributed by atoms with van der Waals surface area (Å²) in [5.41, 5.74) is 5.51. The van der Waals surface area contributed by atoms with Gasteiger partial charge in [-0.2, -0.15) is 5.10 Å². The van der Waals surface area contributed by atoms with Crippen LogP contribution in [-0.2, 0) is 0 Å². The fourth-order valence-electron chi connectivity index (χ4n) is 3.02. The van der Waals surface area contributed by atoms with Crippen molar-refractivity contribution in [2.24, 2.45) is 0 Å². The summed E-state index contributed by atoms with van der Waals surface area (Å²) in [7, 11) is 0. The van der Waals surface area contributed by atoms with E-state index < -0.39 is 0 Å². The van der Waals surface area contributed by atoms with Gasteiger partial charge in [0.15, 0.2) is 5.82 Å². The van der Waals surface area contributed by atoms with E-state index in [2.05, 4.69) is 31.2 Å². The molecule has 0 radical (unpaired) electrons. The highest BCUT2D eigenvalue weighted by Crippen LogP contribution is 2.32. The molecule has 120 valence electrons. The van der Waals surface area contributed by atoms with Gasteiger partial charge in [-0.3, -0.25) is 10.1 Å². The average Bonchev–Trinajstić information content (AvgIpc) is 3.25. The molecule has 5 nitrogen and oxygen atoms in total. The van der Waals surface area contributed by atoms with Crippen molar-refractivity contribution in [1.82, 2.24) is 25.1 Å². The first-order valence-corrected chi connectivity index (χ1v) is 8.20. The molecule has 2 N–H and O–H groups in total. The maximum Gasteiger partial charge on any atom is 0.159 e. The average molecular weight is 346 g/mol. The molecule has 6 heteroatoms. The Hall–Kier alpha value is -3.18. The highest BCUT2D eigenvalue weighted by atomic mass is 35.5. The van der Waals surface area contributed by atoms with Crippen LogP contribution in [0.1, 0.15) is 0 Å². The van der Waals surface area contributed by atoms with Crippen LogP contribution in [-0.4, -0.2) is 25.1 Å². The van der Waals surface area contributed by atoms with Gasteiger partial charge in [-0.25, -0.2) is 4.98 Å². The first-order chi connectivity index (χ1) is 12.3. The number of para-hydroxylation sites is 2. The predicted molar refractivity (Wildman–Crippen MR) is 99.4 cm³/mol. The van der Waals surface area contributed by atoms with Crippen molar-refractivity contribution >= 4 is 33.5 Å². The Balaban J connectivity index is 1.71. The minimum Gasteiger partial charge on any atom is -0.337 e. The van der Waals surface area contributed by atoms with Gasteiger partial charge in [-0.15, -0.1) is 0 Å². The SMILES string of the molecule is Clc1ccncc1-c1ccc2[nH]nc(-c3nc4ccccc4[nH]3)c2c1. The number of nitrogens with one attached hydrogen (secondary N) is 2. The number of benzene rings is 2. The second kappa shape index (κ2) is 5.43. The first kappa shape index (κ1) is 14.2. The maximum atomic E-state index is 6.31. The third-order valence-electron chi connectivity index (χ3n) is 4.26. The summed E-state index contributed by atoms with van der Waals surface area (Å²) < 4.78 is 0. The van der Waals surface area contributed by atoms with Gasteiger partial charge in [0, 0.05) is 23.3 Å². The van der Waals surface area contributed by atoms with Crippen molar-refractivity contribution in [2.45, 2.75) is 0 Å². The van der Waals surface area contributed by atoms with Gasteiger partial charge in [0.2, 0.25) is 0 Å². The maximum absolute atomic E-state index is 6.31. The van der Waals surface area contributed by atoms with E-state index in [1.165, 1.54) is 0 Å². The minimum atomic E-state index is 0.670. The molecule has 0 aliphatic rings. The molecule has 0 aliphatic carbocycles. The van der Waals surface area contributed by atoms with Crippen LogP contribution in [0.3, 0.4) is 0 Å². The van der Waals surface area contributed by atoms with Gasteiger partial charge in [-0.1, -0.05) is 29.8 Å². The zero-order valence-electron chi connectivity index (χ0n) is 13.0. The molecule has 0 aliphatic heterocycles. The number of nitrogens with zero attached hydrogens (tertiary/aromatic N) is 3. The number of rotatable bonds is 2. The fraction of sp³-hybridized carbons (Fsp3) is 0. The Kier molecular flexibility index (Phi) is 3.08. The number of aromatic nitrogens is 5. The largest absolute Gasteiger partial charge is 0.337 e. The van der Waals surface area contributed by atoms with Gasteiger partial charge in [0.25, 0.3) is 0 Å². The van der Waals surface area contributed by atoms with Crippen LogP contribution in [0.2, 0.25) is 5.02 Å². The standard InChI is InChI=1S/C19H12ClN5/c20-14-7-8-21-10-13(14)11-5-6-15-12(9-11)18(25-24-15)19-22-16-3-1-2-4-17(16)23-19/h1-10H,(H,22,23)(H,24,25). The summed E-state index contributed by atoms with van der Waals surface area (Å²) in [6.07, 6.45) is 3.45. The molecule has 3 aromatic heterocycles. The molecule has 0 amide bonds. The van der Waals surface area contributed by atoms with E-state index in [-0.39, 0.29) is 0 Å². The van der Waals surface area contributed by atoms with Crippen LogP contribution in [0.5, 0.6) is 0 Å². The molecule has 0 fully saturated rings. The van der Waals surface area contributed by atoms with Crippen LogP contribution in [0.4, 0.5) is 0 Å². The third kappa shape index (κ3) is 2.28. The fourth-order valence-corrected chi connectivity index (χ4v) is 3.23. The Morgan fingerprint density at radius 2 is 1.88 bits per heavy atom. The second-order valence-corrected chi connectivity index (χ2v) is 6.20. The Bertz CT molecular complexity index is 1190. The normalized spacial score (nSPS) is 11.4. The van der Waals surface area contributed by atoms with Gasteiger partial charge in [-0.05, 0) is 35.9 Å². The van der Waals surface area contributed by atoms with Crippen molar-refractivity contribution in [2.75, 3.05) is 0 Å². The zero-order valence-corrected chi connectivity index (χ0v) is 13.7. The van der Waals surface area contributed by atoms with Gasteiger partial charge in [0.1, 0.15) is 5.69 Å². The van der Waals surface area contributed by atoms with E-state index in [1.54, 1.807) is 18.5 Å². The predicted octanol–water partition coefficient (Wildman–Crippen LogP) is 4.82. The number of fused-ring (bicyclic) bond motifs is 2. The summed E-state index contributed by atoms with van der Waals surface area (Å²) in [5, 5.41) is 9.17. The van der Waals surface area contributed by atoms with E-state index in [1.807, 2.05) is 36.4 Å². The van der Waals surface area contributed by atoms with E-state index in [9.17, 15) is 0 Å². The van der Waals surface area contributed by atoms with Crippen LogP contribution in [0, 0.1) is 0 Å². The third-order valence-corrected chi connectivity index (χ3v) is 4.58. The number of H-pyrrole nitrogens is 2. The van der Waals surface area contributed by atoms with Crippen molar-refractivity contribution < 1.29 is 0 Å². The molecular weight excluding hydrogens is 334 g/mol. The van der Waals surface area contributed by atoms with Crippen molar-refractivity contribution in [3.8, 4) is 22.6 Å². The molecular formula is C19H12ClN5. The highest BCUT2D eigenvalue weighted by Gasteiger charge is 2.14. The number of pyridine rings is 1. The molecule has 0 saturated carbocycles. The molecule has 3 heterocycles. The van der Waals surface area contributed by atoms with E-state index in [0.717, 1.165) is 44.6 Å². The molecule has 0 unspecified atom stereocenters. The van der Waals surface area contributed by atoms with E-state index in [4.69, 9.17) is 11.6 Å². The van der Waals surface area contributed by atoms with E-state index >= 15 is 0 Å². The first-order valence-electron chi connectivity index (χ1n) is 7.83. The minimum absolute atomic E-state index is 0.670. The number of hydrogen-bond acceptors (Lipinski definition) is 3. The zero-order chi connectivity index (χ0) is 16.8. The lowest BCUT2D eigenvalue weighted by atomic mass is 10.0. The molecule has 0 bridgehead atoms. The highest BCUT2D eigenvalue weighted by molar-refractivity contribution is 6.33. The molecule has 0 spiro atoms. The molecule has 0 saturated heterocycles. The molecule has 5 aromatic rings. The number of halogens is 1. The number of aromatic amines is 2. The molecule has 2 aromatic carbocycles. The lowest BCUT2D eigenvalue weighted by molar-refractivity contribution is 1.11. The molecule has 5 rings (SSSR count). The van der Waals surface area contributed by atoms with Crippen molar-refractivity contribution in [3.63, 3.8) is 0 Å². The van der Waals surface area contributed by atoms with Gasteiger partial charge >= 0.3 is 0 Å². The summed E-state index contributed by atoms with van der Waals surface area (Å²) in [5.74, 6) is 0.738. The van der Waals surface area contributed by atoms with Crippen LogP contribution >= 0.6 is 11.6 Å². The number of hydrogen-bond donors (Lipinski definition) is 2. The molecule has 25 heavy (non-hydrogen) atoms. The van der Waals surface area contributed by atoms with Crippen molar-refractivity contribution in [1.29, 1.82) is 0 Å². The lowest BCUT2D eigenvalue weighted by Gasteiger charge is -2.04. The Morgan fingerprint density at radius 1 is 0.960 bits per heavy atom.